The van der Waals surface area contributed by atoms with E-state index in [0.29, 0.717) is 42.9 Å². The summed E-state index contributed by atoms with van der Waals surface area (Å²) in [7, 11) is 4.38. The maximum Gasteiger partial charge on any atom is 0.338 e. The predicted molar refractivity (Wildman–Crippen MR) is 108 cm³/mol. The topological polar surface area (TPSA) is 110 Å². The number of rotatable bonds is 4. The van der Waals surface area contributed by atoms with Crippen LogP contribution in [0, 0.1) is 11.3 Å². The first kappa shape index (κ1) is 20.1. The number of methoxy groups -OCH3 is 3. The molecule has 3 rings (SSSR count). The molecule has 0 aromatic heterocycles. The molecule has 0 spiro atoms. The van der Waals surface area contributed by atoms with Crippen molar-refractivity contribution in [3.8, 4) is 17.6 Å². The molecule has 1 aromatic rings. The van der Waals surface area contributed by atoms with Gasteiger partial charge in [-0.3, -0.25) is 4.90 Å². The molecule has 8 nitrogen and oxygen atoms in total. The van der Waals surface area contributed by atoms with E-state index < -0.39 is 12.0 Å². The van der Waals surface area contributed by atoms with E-state index in [-0.39, 0.29) is 5.82 Å². The van der Waals surface area contributed by atoms with Gasteiger partial charge in [0.25, 0.3) is 0 Å². The number of hydrogen-bond donors (Lipinski definition) is 1. The van der Waals surface area contributed by atoms with Crippen LogP contribution in [0.15, 0.2) is 43.6 Å². The normalized spacial score (nSPS) is 18.5. The fourth-order valence-electron chi connectivity index (χ4n) is 3.10. The van der Waals surface area contributed by atoms with Gasteiger partial charge in [0.15, 0.2) is 5.17 Å². The van der Waals surface area contributed by atoms with Gasteiger partial charge < -0.3 is 19.9 Å². The third-order valence-corrected chi connectivity index (χ3v) is 5.98. The van der Waals surface area contributed by atoms with E-state index in [0.717, 1.165) is 11.8 Å². The van der Waals surface area contributed by atoms with E-state index in [1.807, 2.05) is 0 Å². The van der Waals surface area contributed by atoms with E-state index in [1.165, 1.54) is 14.2 Å². The predicted octanol–water partition coefficient (Wildman–Crippen LogP) is 3.02. The van der Waals surface area contributed by atoms with Crippen LogP contribution in [-0.4, -0.2) is 37.4 Å². The molecule has 0 aliphatic carbocycles. The van der Waals surface area contributed by atoms with Gasteiger partial charge in [-0.05, 0) is 40.7 Å². The second kappa shape index (κ2) is 7.77. The Hall–Kier alpha value is -2.64. The van der Waals surface area contributed by atoms with E-state index in [4.69, 9.17) is 19.9 Å². The molecule has 28 heavy (non-hydrogen) atoms. The number of amidine groups is 1. The standard InChI is InChI=1S/C18H17BrN4O4S/c1-8-14(17(24)27-4)15(23-16(21)13(7-20)28-18(23)22-8)9-5-10(19)12(26-3)6-11(9)25-2/h5-6,15H,21H2,1-4H3/t15-/m0/s1. The van der Waals surface area contributed by atoms with Gasteiger partial charge in [0.1, 0.15) is 34.3 Å². The Morgan fingerprint density at radius 2 is 2.00 bits per heavy atom. The van der Waals surface area contributed by atoms with E-state index >= 15 is 0 Å². The Bertz CT molecular complexity index is 996. The van der Waals surface area contributed by atoms with Crippen molar-refractivity contribution < 1.29 is 19.0 Å². The number of esters is 1. The summed E-state index contributed by atoms with van der Waals surface area (Å²) in [6.07, 6.45) is 0. The minimum absolute atomic E-state index is 0.221. The number of ether oxygens (including phenoxy) is 3. The number of carbonyl (C=O) groups is 1. The molecular weight excluding hydrogens is 448 g/mol. The number of carbonyl (C=O) groups excluding carboxylic acids is 1. The molecule has 0 saturated heterocycles. The lowest BCUT2D eigenvalue weighted by atomic mass is 9.93. The fourth-order valence-corrected chi connectivity index (χ4v) is 4.54. The van der Waals surface area contributed by atoms with Crippen LogP contribution in [0.3, 0.4) is 0 Å². The number of thioether (sulfide) groups is 1. The summed E-state index contributed by atoms with van der Waals surface area (Å²) >= 11 is 4.63. The third-order valence-electron chi connectivity index (χ3n) is 4.38. The Morgan fingerprint density at radius 3 is 2.57 bits per heavy atom. The first-order valence-electron chi connectivity index (χ1n) is 8.04. The van der Waals surface area contributed by atoms with Crippen LogP contribution in [0.2, 0.25) is 0 Å². The number of fused-ring (bicyclic) bond motifs is 1. The summed E-state index contributed by atoms with van der Waals surface area (Å²) in [6.45, 7) is 1.72. The molecule has 0 bridgehead atoms. The molecule has 2 N–H and O–H groups in total. The zero-order chi connectivity index (χ0) is 20.6. The molecule has 0 unspecified atom stereocenters. The fraction of sp³-hybridized carbons (Fsp3) is 0.278. The Kier molecular flexibility index (Phi) is 5.58. The molecule has 1 aromatic carbocycles. The van der Waals surface area contributed by atoms with Gasteiger partial charge in [-0.25, -0.2) is 9.79 Å². The van der Waals surface area contributed by atoms with Crippen molar-refractivity contribution in [2.45, 2.75) is 13.0 Å². The van der Waals surface area contributed by atoms with Gasteiger partial charge >= 0.3 is 5.97 Å². The number of nitrogens with zero attached hydrogens (tertiary/aromatic N) is 3. The van der Waals surface area contributed by atoms with Gasteiger partial charge in [0.2, 0.25) is 0 Å². The van der Waals surface area contributed by atoms with E-state index in [9.17, 15) is 10.1 Å². The van der Waals surface area contributed by atoms with Crippen molar-refractivity contribution in [2.75, 3.05) is 21.3 Å². The maximum atomic E-state index is 12.6. The van der Waals surface area contributed by atoms with Crippen LogP contribution >= 0.6 is 27.7 Å². The molecule has 0 radical (unpaired) electrons. The number of halogens is 1. The second-order valence-electron chi connectivity index (χ2n) is 5.81. The van der Waals surface area contributed by atoms with E-state index in [2.05, 4.69) is 27.0 Å². The summed E-state index contributed by atoms with van der Waals surface area (Å²) in [5, 5.41) is 9.91. The first-order chi connectivity index (χ1) is 13.4. The van der Waals surface area contributed by atoms with Crippen LogP contribution in [-0.2, 0) is 9.53 Å². The number of nitriles is 1. The van der Waals surface area contributed by atoms with Crippen LogP contribution in [0.5, 0.6) is 11.5 Å². The highest BCUT2D eigenvalue weighted by Crippen LogP contribution is 2.48. The molecule has 146 valence electrons. The van der Waals surface area contributed by atoms with E-state index in [1.54, 1.807) is 31.1 Å². The van der Waals surface area contributed by atoms with Crippen molar-refractivity contribution in [1.82, 2.24) is 4.90 Å². The average molecular weight is 465 g/mol. The summed E-state index contributed by atoms with van der Waals surface area (Å²) in [5.74, 6) is 0.744. The highest BCUT2D eigenvalue weighted by molar-refractivity contribution is 9.10. The highest BCUT2D eigenvalue weighted by atomic mass is 79.9. The number of allylic oxidation sites excluding steroid dienone is 2. The molecule has 2 aliphatic rings. The lowest BCUT2D eigenvalue weighted by Gasteiger charge is -2.35. The minimum Gasteiger partial charge on any atom is -0.496 e. The monoisotopic (exact) mass is 464 g/mol. The molecule has 2 aliphatic heterocycles. The second-order valence-corrected chi connectivity index (χ2v) is 7.65. The van der Waals surface area contributed by atoms with Crippen LogP contribution in [0.4, 0.5) is 0 Å². The summed E-state index contributed by atoms with van der Waals surface area (Å²) < 4.78 is 16.6. The van der Waals surface area contributed by atoms with Crippen molar-refractivity contribution in [1.29, 1.82) is 5.26 Å². The van der Waals surface area contributed by atoms with Gasteiger partial charge in [0, 0.05) is 11.6 Å². The molecule has 0 amide bonds. The summed E-state index contributed by atoms with van der Waals surface area (Å²) in [6, 6.07) is 4.90. The molecular formula is C18H17BrN4O4S. The average Bonchev–Trinajstić information content (AvgIpc) is 3.01. The lowest BCUT2D eigenvalue weighted by Crippen LogP contribution is -2.38. The van der Waals surface area contributed by atoms with Crippen molar-refractivity contribution >= 4 is 38.8 Å². The zero-order valence-electron chi connectivity index (χ0n) is 15.6. The van der Waals surface area contributed by atoms with Gasteiger partial charge in [-0.15, -0.1) is 0 Å². The lowest BCUT2D eigenvalue weighted by molar-refractivity contribution is -0.136. The number of benzene rings is 1. The molecule has 0 fully saturated rings. The minimum atomic E-state index is -0.685. The Labute approximate surface area is 174 Å². The van der Waals surface area contributed by atoms with Crippen LogP contribution in [0.1, 0.15) is 18.5 Å². The summed E-state index contributed by atoms with van der Waals surface area (Å²) in [5.41, 5.74) is 7.67. The summed E-state index contributed by atoms with van der Waals surface area (Å²) in [4.78, 5) is 19.1. The zero-order valence-corrected chi connectivity index (χ0v) is 18.0. The largest absolute Gasteiger partial charge is 0.496 e. The Balaban J connectivity index is 2.30. The van der Waals surface area contributed by atoms with Gasteiger partial charge in [-0.1, -0.05) is 0 Å². The van der Waals surface area contributed by atoms with Crippen molar-refractivity contribution in [3.63, 3.8) is 0 Å². The van der Waals surface area contributed by atoms with Crippen molar-refractivity contribution in [3.05, 3.63) is 44.2 Å². The Morgan fingerprint density at radius 1 is 1.32 bits per heavy atom. The SMILES string of the molecule is COC(=O)C1=C(C)N=C2SC(C#N)=C(N)N2[C@H]1c1cc(Br)c(OC)cc1OC. The number of nitrogens with two attached hydrogens (primary N) is 1. The van der Waals surface area contributed by atoms with Crippen molar-refractivity contribution in [2.24, 2.45) is 10.7 Å². The maximum absolute atomic E-state index is 12.6. The molecule has 10 heteroatoms. The number of aliphatic imine (C=N–C) groups is 1. The number of hydrogen-bond acceptors (Lipinski definition) is 9. The van der Waals surface area contributed by atoms with Crippen LogP contribution in [0.25, 0.3) is 0 Å². The van der Waals surface area contributed by atoms with Gasteiger partial charge in [0.05, 0.1) is 37.1 Å². The van der Waals surface area contributed by atoms with Gasteiger partial charge in [-0.2, -0.15) is 5.26 Å². The molecule has 1 atom stereocenters. The quantitative estimate of drug-likeness (QED) is 0.676. The first-order valence-corrected chi connectivity index (χ1v) is 9.64. The smallest absolute Gasteiger partial charge is 0.338 e. The molecule has 0 saturated carbocycles. The highest BCUT2D eigenvalue weighted by Gasteiger charge is 2.43. The van der Waals surface area contributed by atoms with Crippen LogP contribution < -0.4 is 15.2 Å². The third kappa shape index (κ3) is 3.10. The molecule has 2 heterocycles.